The maximum atomic E-state index is 12.4. The van der Waals surface area contributed by atoms with Crippen molar-refractivity contribution in [1.82, 2.24) is 15.5 Å². The molecule has 3 atom stereocenters. The van der Waals surface area contributed by atoms with Crippen LogP contribution in [0.25, 0.3) is 0 Å². The molecule has 0 spiro atoms. The van der Waals surface area contributed by atoms with E-state index in [0.29, 0.717) is 18.3 Å². The van der Waals surface area contributed by atoms with E-state index in [0.717, 1.165) is 51.6 Å². The van der Waals surface area contributed by atoms with Gasteiger partial charge in [0, 0.05) is 58.1 Å². The Bertz CT molecular complexity index is 735. The topological polar surface area (TPSA) is 66.0 Å². The van der Waals surface area contributed by atoms with Crippen molar-refractivity contribution in [1.29, 1.82) is 0 Å². The molecule has 0 bridgehead atoms. The maximum Gasteiger partial charge on any atom is 0.223 e. The van der Waals surface area contributed by atoms with Gasteiger partial charge in [0.1, 0.15) is 0 Å². The summed E-state index contributed by atoms with van der Waals surface area (Å²) in [5.41, 5.74) is 1.42. The summed E-state index contributed by atoms with van der Waals surface area (Å²) in [5, 5.41) is 6.93. The second kappa shape index (κ2) is 12.8. The van der Waals surface area contributed by atoms with Crippen molar-refractivity contribution in [2.45, 2.75) is 52.6 Å². The molecule has 2 heterocycles. The number of hydrogen-bond donors (Lipinski definition) is 2. The molecule has 3 unspecified atom stereocenters. The minimum atomic E-state index is 0. The van der Waals surface area contributed by atoms with E-state index in [1.54, 1.807) is 7.05 Å². The van der Waals surface area contributed by atoms with Crippen molar-refractivity contribution < 1.29 is 9.53 Å². The summed E-state index contributed by atoms with van der Waals surface area (Å²) in [6.45, 7) is 10.9. The Morgan fingerprint density at radius 1 is 1.19 bits per heavy atom. The van der Waals surface area contributed by atoms with Gasteiger partial charge in [-0.1, -0.05) is 51.1 Å². The minimum Gasteiger partial charge on any atom is -0.377 e. The predicted octanol–water partition coefficient (Wildman–Crippen LogP) is 3.70. The molecule has 32 heavy (non-hydrogen) atoms. The fourth-order valence-corrected chi connectivity index (χ4v) is 4.81. The van der Waals surface area contributed by atoms with Crippen LogP contribution in [0.5, 0.6) is 0 Å². The zero-order chi connectivity index (χ0) is 22.3. The summed E-state index contributed by atoms with van der Waals surface area (Å²) in [5.74, 6) is 1.88. The van der Waals surface area contributed by atoms with Crippen molar-refractivity contribution >= 4 is 35.8 Å². The third-order valence-electron chi connectivity index (χ3n) is 6.42. The van der Waals surface area contributed by atoms with E-state index >= 15 is 0 Å². The monoisotopic (exact) mass is 556 g/mol. The fraction of sp³-hybridized carbons (Fsp3) is 0.680. The number of rotatable bonds is 7. The molecular formula is C25H41IN4O2. The Morgan fingerprint density at radius 2 is 1.91 bits per heavy atom. The standard InChI is InChI=1S/C25H40N4O2.HI/c1-25(2,3)23-21(11-8-14-31-23)17-28-24(26-4)27-16-20-15-22(30)29(18-20)13-12-19-9-6-5-7-10-19;/h5-7,9-10,20-21,23H,8,11-18H2,1-4H3,(H2,26,27,28);1H. The smallest absolute Gasteiger partial charge is 0.223 e. The number of carbonyl (C=O) groups excluding carboxylic acids is 1. The number of benzene rings is 1. The summed E-state index contributed by atoms with van der Waals surface area (Å²) in [6.07, 6.45) is 4.08. The fourth-order valence-electron chi connectivity index (χ4n) is 4.81. The molecule has 2 fully saturated rings. The molecule has 2 aliphatic heterocycles. The highest BCUT2D eigenvalue weighted by atomic mass is 127. The van der Waals surface area contributed by atoms with Gasteiger partial charge in [-0.2, -0.15) is 0 Å². The first-order valence-electron chi connectivity index (χ1n) is 11.7. The zero-order valence-corrected chi connectivity index (χ0v) is 22.4. The highest BCUT2D eigenvalue weighted by Crippen LogP contribution is 2.33. The predicted molar refractivity (Wildman–Crippen MR) is 142 cm³/mol. The average molecular weight is 557 g/mol. The SMILES string of the molecule is CN=C(NCC1CC(=O)N(CCc2ccccc2)C1)NCC1CCCOC1C(C)(C)C.I. The molecule has 2 aliphatic rings. The molecular weight excluding hydrogens is 515 g/mol. The van der Waals surface area contributed by atoms with Crippen LogP contribution < -0.4 is 10.6 Å². The van der Waals surface area contributed by atoms with Gasteiger partial charge in [-0.25, -0.2) is 0 Å². The van der Waals surface area contributed by atoms with Crippen molar-refractivity contribution in [2.75, 3.05) is 39.8 Å². The van der Waals surface area contributed by atoms with E-state index in [4.69, 9.17) is 4.74 Å². The normalized spacial score (nSPS) is 24.2. The van der Waals surface area contributed by atoms with Crippen molar-refractivity contribution in [3.05, 3.63) is 35.9 Å². The van der Waals surface area contributed by atoms with E-state index in [2.05, 4.69) is 60.7 Å². The van der Waals surface area contributed by atoms with Crippen molar-refractivity contribution in [3.63, 3.8) is 0 Å². The lowest BCUT2D eigenvalue weighted by Crippen LogP contribution is -2.48. The number of hydrogen-bond acceptors (Lipinski definition) is 3. The van der Waals surface area contributed by atoms with Crippen LogP contribution in [0.15, 0.2) is 35.3 Å². The number of ether oxygens (including phenoxy) is 1. The van der Waals surface area contributed by atoms with Gasteiger partial charge in [0.15, 0.2) is 5.96 Å². The van der Waals surface area contributed by atoms with E-state index < -0.39 is 0 Å². The largest absolute Gasteiger partial charge is 0.377 e. The second-order valence-corrected chi connectivity index (χ2v) is 10.0. The number of carbonyl (C=O) groups is 1. The molecule has 6 nitrogen and oxygen atoms in total. The number of nitrogens with one attached hydrogen (secondary N) is 2. The molecule has 0 aromatic heterocycles. The van der Waals surface area contributed by atoms with Gasteiger partial charge in [-0.05, 0) is 30.2 Å². The van der Waals surface area contributed by atoms with Gasteiger partial charge in [-0.3, -0.25) is 9.79 Å². The number of likely N-dealkylation sites (tertiary alicyclic amines) is 1. The van der Waals surface area contributed by atoms with Gasteiger partial charge in [0.25, 0.3) is 0 Å². The zero-order valence-electron chi connectivity index (χ0n) is 20.1. The Hall–Kier alpha value is -1.35. The molecule has 1 amide bonds. The minimum absolute atomic E-state index is 0. The third-order valence-corrected chi connectivity index (χ3v) is 6.42. The molecule has 0 aliphatic carbocycles. The van der Waals surface area contributed by atoms with Crippen LogP contribution in [-0.4, -0.2) is 62.7 Å². The van der Waals surface area contributed by atoms with Crippen molar-refractivity contribution in [2.24, 2.45) is 22.2 Å². The Balaban J connectivity index is 0.00000363. The van der Waals surface area contributed by atoms with Crippen molar-refractivity contribution in [3.8, 4) is 0 Å². The average Bonchev–Trinajstić information content (AvgIpc) is 3.12. The first-order valence-corrected chi connectivity index (χ1v) is 11.7. The van der Waals surface area contributed by atoms with Gasteiger partial charge < -0.3 is 20.3 Å². The van der Waals surface area contributed by atoms with Gasteiger partial charge >= 0.3 is 0 Å². The number of halogens is 1. The lowest BCUT2D eigenvalue weighted by molar-refractivity contribution is -0.127. The summed E-state index contributed by atoms with van der Waals surface area (Å²) in [6, 6.07) is 10.4. The third kappa shape index (κ3) is 7.90. The van der Waals surface area contributed by atoms with Crippen LogP contribution in [0, 0.1) is 17.3 Å². The summed E-state index contributed by atoms with van der Waals surface area (Å²) >= 11 is 0. The Morgan fingerprint density at radius 3 is 2.59 bits per heavy atom. The second-order valence-electron chi connectivity index (χ2n) is 10.0. The molecule has 180 valence electrons. The molecule has 1 aromatic rings. The molecule has 0 saturated carbocycles. The van der Waals surface area contributed by atoms with Crippen LogP contribution in [-0.2, 0) is 16.0 Å². The van der Waals surface area contributed by atoms with E-state index in [1.165, 1.54) is 12.0 Å². The number of aliphatic imine (C=N–C) groups is 1. The summed E-state index contributed by atoms with van der Waals surface area (Å²) < 4.78 is 6.10. The van der Waals surface area contributed by atoms with Crippen LogP contribution in [0.2, 0.25) is 0 Å². The first-order chi connectivity index (χ1) is 14.9. The Labute approximate surface area is 211 Å². The quantitative estimate of drug-likeness (QED) is 0.306. The van der Waals surface area contributed by atoms with E-state index in [9.17, 15) is 4.79 Å². The first kappa shape index (κ1) is 26.9. The van der Waals surface area contributed by atoms with Crippen LogP contribution in [0.1, 0.15) is 45.6 Å². The highest BCUT2D eigenvalue weighted by molar-refractivity contribution is 14.0. The maximum absolute atomic E-state index is 12.4. The lowest BCUT2D eigenvalue weighted by atomic mass is 9.78. The van der Waals surface area contributed by atoms with E-state index in [-0.39, 0.29) is 41.4 Å². The van der Waals surface area contributed by atoms with Gasteiger partial charge in [-0.15, -0.1) is 24.0 Å². The summed E-state index contributed by atoms with van der Waals surface area (Å²) in [4.78, 5) is 18.8. The lowest BCUT2D eigenvalue weighted by Gasteiger charge is -2.40. The number of guanidine groups is 1. The van der Waals surface area contributed by atoms with Crippen LogP contribution in [0.3, 0.4) is 0 Å². The summed E-state index contributed by atoms with van der Waals surface area (Å²) in [7, 11) is 1.81. The molecule has 3 rings (SSSR count). The molecule has 0 radical (unpaired) electrons. The molecule has 2 saturated heterocycles. The molecule has 2 N–H and O–H groups in total. The van der Waals surface area contributed by atoms with E-state index in [1.807, 2.05) is 11.0 Å². The molecule has 7 heteroatoms. The van der Waals surface area contributed by atoms with Gasteiger partial charge in [0.2, 0.25) is 5.91 Å². The van der Waals surface area contributed by atoms with Gasteiger partial charge in [0.05, 0.1) is 6.10 Å². The Kier molecular flexibility index (Phi) is 10.7. The molecule has 1 aromatic carbocycles. The van der Waals surface area contributed by atoms with Crippen LogP contribution in [0.4, 0.5) is 0 Å². The highest BCUT2D eigenvalue weighted by Gasteiger charge is 2.35. The number of nitrogens with zero attached hydrogens (tertiary/aromatic N) is 2. The number of amides is 1. The van der Waals surface area contributed by atoms with Crippen LogP contribution >= 0.6 is 24.0 Å².